The number of fused-ring (bicyclic) bond motifs is 3. The lowest BCUT2D eigenvalue weighted by molar-refractivity contribution is 0.448. The second-order valence-electron chi connectivity index (χ2n) is 11.7. The molecule has 0 aliphatic rings. The van der Waals surface area contributed by atoms with E-state index >= 15 is 0 Å². The molecular formula is C42H27N5O5. The molecular weight excluding hydrogens is 654 g/mol. The van der Waals surface area contributed by atoms with Gasteiger partial charge in [0, 0.05) is 83.1 Å². The van der Waals surface area contributed by atoms with Crippen molar-refractivity contribution >= 4 is 21.8 Å². The summed E-state index contributed by atoms with van der Waals surface area (Å²) >= 11 is 0. The molecule has 10 heteroatoms. The molecule has 0 N–H and O–H groups in total. The van der Waals surface area contributed by atoms with Crippen LogP contribution in [0.15, 0.2) is 169 Å². The number of aromatic nitrogens is 5. The van der Waals surface area contributed by atoms with E-state index in [4.69, 9.17) is 33.3 Å². The number of ether oxygens (including phenoxy) is 4. The predicted molar refractivity (Wildman–Crippen MR) is 196 cm³/mol. The second-order valence-corrected chi connectivity index (χ2v) is 11.7. The molecule has 0 spiro atoms. The Balaban J connectivity index is 1.08. The summed E-state index contributed by atoms with van der Waals surface area (Å²) in [5.41, 5.74) is 3.44. The van der Waals surface area contributed by atoms with Crippen LogP contribution in [0.4, 0.5) is 0 Å². The molecule has 52 heavy (non-hydrogen) atoms. The molecule has 0 saturated carbocycles. The van der Waals surface area contributed by atoms with Crippen LogP contribution in [-0.4, -0.2) is 24.5 Å². The van der Waals surface area contributed by atoms with Gasteiger partial charge >= 0.3 is 0 Å². The highest BCUT2D eigenvalue weighted by Gasteiger charge is 2.17. The van der Waals surface area contributed by atoms with Crippen molar-refractivity contribution in [3.8, 4) is 63.3 Å². The van der Waals surface area contributed by atoms with Crippen LogP contribution < -0.4 is 18.9 Å². The monoisotopic (exact) mass is 681 g/mol. The van der Waals surface area contributed by atoms with Crippen LogP contribution in [0.25, 0.3) is 38.9 Å². The van der Waals surface area contributed by atoms with E-state index in [2.05, 4.69) is 9.97 Å². The Hall–Kier alpha value is -7.46. The lowest BCUT2D eigenvalue weighted by Gasteiger charge is -2.11. The van der Waals surface area contributed by atoms with Gasteiger partial charge in [0.25, 0.3) is 0 Å². The first-order valence-electron chi connectivity index (χ1n) is 16.4. The second kappa shape index (κ2) is 13.4. The number of benzene rings is 4. The van der Waals surface area contributed by atoms with E-state index in [0.29, 0.717) is 52.2 Å². The zero-order chi connectivity index (χ0) is 34.7. The van der Waals surface area contributed by atoms with E-state index < -0.39 is 0 Å². The molecule has 0 aliphatic heterocycles. The molecule has 0 aliphatic carbocycles. The Morgan fingerprint density at radius 2 is 0.962 bits per heavy atom. The summed E-state index contributed by atoms with van der Waals surface area (Å²) in [7, 11) is 0. The summed E-state index contributed by atoms with van der Waals surface area (Å²) in [5.74, 6) is 5.18. The van der Waals surface area contributed by atoms with Crippen LogP contribution >= 0.6 is 0 Å². The number of rotatable bonds is 10. The van der Waals surface area contributed by atoms with Crippen LogP contribution in [-0.2, 0) is 0 Å². The van der Waals surface area contributed by atoms with Crippen LogP contribution in [0.5, 0.6) is 46.3 Å². The highest BCUT2D eigenvalue weighted by molar-refractivity contribution is 6.09. The Kier molecular flexibility index (Phi) is 7.91. The third kappa shape index (κ3) is 6.35. The first-order chi connectivity index (χ1) is 25.7. The van der Waals surface area contributed by atoms with Gasteiger partial charge in [0.05, 0.1) is 23.6 Å². The normalized spacial score (nSPS) is 11.1. The van der Waals surface area contributed by atoms with Gasteiger partial charge in [-0.2, -0.15) is 0 Å². The molecule has 0 amide bonds. The molecule has 10 nitrogen and oxygen atoms in total. The summed E-state index contributed by atoms with van der Waals surface area (Å²) < 4.78 is 31.9. The molecule has 250 valence electrons. The molecule has 0 unspecified atom stereocenters. The number of pyridine rings is 2. The van der Waals surface area contributed by atoms with Crippen molar-refractivity contribution < 1.29 is 23.4 Å². The lowest BCUT2D eigenvalue weighted by Crippen LogP contribution is -2.01. The minimum Gasteiger partial charge on any atom is -0.472 e. The average molecular weight is 682 g/mol. The first kappa shape index (κ1) is 30.6. The fourth-order valence-electron chi connectivity index (χ4n) is 5.87. The van der Waals surface area contributed by atoms with Gasteiger partial charge in [-0.15, -0.1) is 0 Å². The van der Waals surface area contributed by atoms with E-state index in [9.17, 15) is 0 Å². The summed E-state index contributed by atoms with van der Waals surface area (Å²) in [4.78, 5) is 18.1. The third-order valence-corrected chi connectivity index (χ3v) is 8.21. The number of furan rings is 1. The summed E-state index contributed by atoms with van der Waals surface area (Å²) in [6.07, 6.45) is 10.2. The maximum Gasteiger partial charge on any atom is 0.234 e. The number of hydrogen-bond acceptors (Lipinski definition) is 9. The van der Waals surface area contributed by atoms with Crippen molar-refractivity contribution in [1.82, 2.24) is 24.5 Å². The topological polar surface area (TPSA) is 107 Å². The molecule has 9 rings (SSSR count). The molecule has 9 aromatic rings. The predicted octanol–water partition coefficient (Wildman–Crippen LogP) is 10.8. The maximum atomic E-state index is 6.37. The van der Waals surface area contributed by atoms with Crippen molar-refractivity contribution in [1.29, 1.82) is 0 Å². The number of nitrogens with zero attached hydrogens (tertiary/aromatic N) is 5. The Bertz CT molecular complexity index is 2480. The fraction of sp³-hybridized carbons (Fsp3) is 0. The van der Waals surface area contributed by atoms with Crippen LogP contribution in [0, 0.1) is 0 Å². The molecule has 0 bridgehead atoms. The van der Waals surface area contributed by atoms with Gasteiger partial charge in [0.1, 0.15) is 34.5 Å². The molecule has 0 atom stereocenters. The van der Waals surface area contributed by atoms with E-state index in [1.54, 1.807) is 49.4 Å². The minimum absolute atomic E-state index is 0.484. The van der Waals surface area contributed by atoms with Gasteiger partial charge < -0.3 is 23.4 Å². The van der Waals surface area contributed by atoms with Crippen molar-refractivity contribution in [2.45, 2.75) is 0 Å². The van der Waals surface area contributed by atoms with Gasteiger partial charge in [-0.25, -0.2) is 19.9 Å². The van der Waals surface area contributed by atoms with Crippen molar-refractivity contribution in [2.75, 3.05) is 0 Å². The molecule has 4 aromatic carbocycles. The van der Waals surface area contributed by atoms with Gasteiger partial charge in [-0.05, 0) is 66.7 Å². The van der Waals surface area contributed by atoms with E-state index in [1.165, 1.54) is 0 Å². The zero-order valence-corrected chi connectivity index (χ0v) is 27.4. The van der Waals surface area contributed by atoms with Crippen molar-refractivity contribution in [2.24, 2.45) is 0 Å². The quantitative estimate of drug-likeness (QED) is 0.139. The summed E-state index contributed by atoms with van der Waals surface area (Å²) in [6.45, 7) is 0. The van der Waals surface area contributed by atoms with Crippen molar-refractivity contribution in [3.63, 3.8) is 0 Å². The minimum atomic E-state index is 0.484. The molecule has 0 radical (unpaired) electrons. The van der Waals surface area contributed by atoms with E-state index in [0.717, 1.165) is 32.9 Å². The zero-order valence-electron chi connectivity index (χ0n) is 27.4. The third-order valence-electron chi connectivity index (χ3n) is 8.21. The van der Waals surface area contributed by atoms with E-state index in [-0.39, 0.29) is 0 Å². The van der Waals surface area contributed by atoms with Crippen molar-refractivity contribution in [3.05, 3.63) is 165 Å². The fourth-order valence-corrected chi connectivity index (χ4v) is 5.87. The smallest absolute Gasteiger partial charge is 0.234 e. The number of hydrogen-bond donors (Lipinski definition) is 0. The summed E-state index contributed by atoms with van der Waals surface area (Å²) in [6, 6.07) is 39.7. The van der Waals surface area contributed by atoms with E-state index in [1.807, 2.05) is 120 Å². The van der Waals surface area contributed by atoms with Gasteiger partial charge in [-0.1, -0.05) is 24.3 Å². The summed E-state index contributed by atoms with van der Waals surface area (Å²) in [5, 5.41) is 1.99. The van der Waals surface area contributed by atoms with Gasteiger partial charge in [0.2, 0.25) is 17.7 Å². The molecule has 5 heterocycles. The SMILES string of the molecule is c1ccc(Oc2cccc(Oc3ccc4c5ccc(Oc6cccc(Oc7ccccn7)c6)cc5n(-c5ncc(-c6ccoc6)cn5)c4c3)c2)nc1. The average Bonchev–Trinajstić information content (AvgIpc) is 3.83. The maximum absolute atomic E-state index is 6.37. The Labute approximate surface area is 297 Å². The molecule has 0 saturated heterocycles. The molecule has 5 aromatic heterocycles. The highest BCUT2D eigenvalue weighted by Crippen LogP contribution is 2.38. The lowest BCUT2D eigenvalue weighted by atomic mass is 10.1. The standard InChI is InChI=1S/C42H27N5O5/c1-3-18-43-40(11-1)51-32-9-5-7-30(21-32)49-34-13-15-36-37-16-14-35(50-31-8-6-10-33(22-31)52-41-12-2-4-19-44-41)24-39(37)47(38(36)23-34)42-45-25-29(26-46-42)28-17-20-48-27-28/h1-27H. The Morgan fingerprint density at radius 1 is 0.442 bits per heavy atom. The Morgan fingerprint density at radius 3 is 1.44 bits per heavy atom. The van der Waals surface area contributed by atoms with Crippen LogP contribution in [0.2, 0.25) is 0 Å². The highest BCUT2D eigenvalue weighted by atomic mass is 16.5. The largest absolute Gasteiger partial charge is 0.472 e. The van der Waals surface area contributed by atoms with Crippen LogP contribution in [0.1, 0.15) is 0 Å². The van der Waals surface area contributed by atoms with Gasteiger partial charge in [0.15, 0.2) is 0 Å². The first-order valence-corrected chi connectivity index (χ1v) is 16.4. The molecule has 0 fully saturated rings. The van der Waals surface area contributed by atoms with Crippen LogP contribution in [0.3, 0.4) is 0 Å². The van der Waals surface area contributed by atoms with Gasteiger partial charge in [-0.3, -0.25) is 4.57 Å².